The zero-order chi connectivity index (χ0) is 13.8. The average Bonchev–Trinajstić information content (AvgIpc) is 3.11. The SMILES string of the molecule is O=C(NCCCc1nc2ccccc2s1)c1cn[nH]n1. The minimum atomic E-state index is -0.206. The molecule has 7 heteroatoms. The molecule has 0 bridgehead atoms. The fourth-order valence-electron chi connectivity index (χ4n) is 1.87. The Bertz CT molecular complexity index is 673. The van der Waals surface area contributed by atoms with Crippen LogP contribution in [0.5, 0.6) is 0 Å². The van der Waals surface area contributed by atoms with Crippen molar-refractivity contribution in [3.8, 4) is 0 Å². The summed E-state index contributed by atoms with van der Waals surface area (Å²) in [6, 6.07) is 8.09. The van der Waals surface area contributed by atoms with E-state index in [9.17, 15) is 4.79 Å². The number of carbonyl (C=O) groups is 1. The Morgan fingerprint density at radius 3 is 3.05 bits per heavy atom. The molecular weight excluding hydrogens is 274 g/mol. The van der Waals surface area contributed by atoms with Crippen molar-refractivity contribution in [3.05, 3.63) is 41.2 Å². The van der Waals surface area contributed by atoms with Gasteiger partial charge in [0.2, 0.25) is 0 Å². The first-order valence-corrected chi connectivity index (χ1v) is 7.13. The highest BCUT2D eigenvalue weighted by molar-refractivity contribution is 7.18. The van der Waals surface area contributed by atoms with Gasteiger partial charge in [0.25, 0.3) is 5.91 Å². The van der Waals surface area contributed by atoms with Crippen molar-refractivity contribution < 1.29 is 4.79 Å². The smallest absolute Gasteiger partial charge is 0.273 e. The van der Waals surface area contributed by atoms with E-state index < -0.39 is 0 Å². The quantitative estimate of drug-likeness (QED) is 0.701. The summed E-state index contributed by atoms with van der Waals surface area (Å²) in [5.41, 5.74) is 1.35. The Balaban J connectivity index is 1.49. The molecule has 2 heterocycles. The summed E-state index contributed by atoms with van der Waals surface area (Å²) in [7, 11) is 0. The van der Waals surface area contributed by atoms with Crippen LogP contribution in [0.4, 0.5) is 0 Å². The number of nitrogens with one attached hydrogen (secondary N) is 2. The monoisotopic (exact) mass is 287 g/mol. The summed E-state index contributed by atoms with van der Waals surface area (Å²) in [6.07, 6.45) is 3.12. The van der Waals surface area contributed by atoms with E-state index in [1.54, 1.807) is 11.3 Å². The summed E-state index contributed by atoms with van der Waals surface area (Å²) >= 11 is 1.70. The van der Waals surface area contributed by atoms with Gasteiger partial charge in [-0.3, -0.25) is 4.79 Å². The van der Waals surface area contributed by atoms with Crippen LogP contribution in [-0.2, 0) is 6.42 Å². The normalized spacial score (nSPS) is 10.8. The minimum Gasteiger partial charge on any atom is -0.351 e. The Labute approximate surface area is 119 Å². The standard InChI is InChI=1S/C13H13N5OS/c19-13(10-8-15-18-17-10)14-7-3-6-12-16-9-4-1-2-5-11(9)20-12/h1-2,4-5,8H,3,6-7H2,(H,14,19)(H,15,17,18). The number of carbonyl (C=O) groups excluding carboxylic acids is 1. The number of hydrogen-bond acceptors (Lipinski definition) is 5. The van der Waals surface area contributed by atoms with Crippen LogP contribution in [0.25, 0.3) is 10.2 Å². The molecule has 0 aliphatic heterocycles. The molecule has 102 valence electrons. The van der Waals surface area contributed by atoms with E-state index in [2.05, 4.69) is 31.8 Å². The molecule has 1 amide bonds. The van der Waals surface area contributed by atoms with Gasteiger partial charge >= 0.3 is 0 Å². The largest absolute Gasteiger partial charge is 0.351 e. The lowest BCUT2D eigenvalue weighted by Gasteiger charge is -2.00. The Morgan fingerprint density at radius 2 is 2.25 bits per heavy atom. The second kappa shape index (κ2) is 5.79. The Hall–Kier alpha value is -2.28. The summed E-state index contributed by atoms with van der Waals surface area (Å²) in [5, 5.41) is 13.6. The van der Waals surface area contributed by atoms with Gasteiger partial charge in [-0.2, -0.15) is 15.4 Å². The molecule has 0 saturated carbocycles. The van der Waals surface area contributed by atoms with Gasteiger partial charge in [0.1, 0.15) is 0 Å². The number of amides is 1. The van der Waals surface area contributed by atoms with Crippen molar-refractivity contribution in [1.82, 2.24) is 25.7 Å². The summed E-state index contributed by atoms with van der Waals surface area (Å²) < 4.78 is 1.20. The van der Waals surface area contributed by atoms with Crippen molar-refractivity contribution in [1.29, 1.82) is 0 Å². The van der Waals surface area contributed by atoms with Crippen molar-refractivity contribution in [2.24, 2.45) is 0 Å². The molecule has 0 fully saturated rings. The number of hydrogen-bond donors (Lipinski definition) is 2. The molecule has 0 aliphatic rings. The summed E-state index contributed by atoms with van der Waals surface area (Å²) in [4.78, 5) is 16.2. The topological polar surface area (TPSA) is 83.6 Å². The van der Waals surface area contributed by atoms with Gasteiger partial charge in [-0.15, -0.1) is 11.3 Å². The number of fused-ring (bicyclic) bond motifs is 1. The predicted molar refractivity (Wildman–Crippen MR) is 76.7 cm³/mol. The number of para-hydroxylation sites is 1. The third-order valence-corrected chi connectivity index (χ3v) is 3.93. The molecule has 20 heavy (non-hydrogen) atoms. The maximum absolute atomic E-state index is 11.6. The van der Waals surface area contributed by atoms with Crippen molar-refractivity contribution in [2.75, 3.05) is 6.54 Å². The number of aromatic nitrogens is 4. The number of benzene rings is 1. The number of H-pyrrole nitrogens is 1. The van der Waals surface area contributed by atoms with E-state index in [4.69, 9.17) is 0 Å². The first-order valence-electron chi connectivity index (χ1n) is 6.31. The highest BCUT2D eigenvalue weighted by Crippen LogP contribution is 2.22. The molecule has 0 unspecified atom stereocenters. The molecule has 2 N–H and O–H groups in total. The third-order valence-electron chi connectivity index (χ3n) is 2.84. The zero-order valence-electron chi connectivity index (χ0n) is 10.7. The van der Waals surface area contributed by atoms with Gasteiger partial charge in [-0.1, -0.05) is 12.1 Å². The van der Waals surface area contributed by atoms with Crippen molar-refractivity contribution in [2.45, 2.75) is 12.8 Å². The molecular formula is C13H13N5OS. The zero-order valence-corrected chi connectivity index (χ0v) is 11.5. The van der Waals surface area contributed by atoms with E-state index in [1.165, 1.54) is 10.9 Å². The predicted octanol–water partition coefficient (Wildman–Crippen LogP) is 1.78. The van der Waals surface area contributed by atoms with Crippen LogP contribution in [0, 0.1) is 0 Å². The second-order valence-electron chi connectivity index (χ2n) is 4.29. The van der Waals surface area contributed by atoms with Crippen LogP contribution in [0.1, 0.15) is 21.9 Å². The lowest BCUT2D eigenvalue weighted by Crippen LogP contribution is -2.25. The van der Waals surface area contributed by atoms with Gasteiger partial charge < -0.3 is 5.32 Å². The number of aryl methyl sites for hydroxylation is 1. The number of nitrogens with zero attached hydrogens (tertiary/aromatic N) is 3. The first kappa shape index (κ1) is 12.7. The van der Waals surface area contributed by atoms with E-state index in [1.807, 2.05) is 18.2 Å². The van der Waals surface area contributed by atoms with Gasteiger partial charge in [0.15, 0.2) is 5.69 Å². The van der Waals surface area contributed by atoms with Crippen molar-refractivity contribution >= 4 is 27.5 Å². The summed E-state index contributed by atoms with van der Waals surface area (Å²) in [6.45, 7) is 0.599. The molecule has 3 aromatic rings. The van der Waals surface area contributed by atoms with E-state index in [0.29, 0.717) is 12.2 Å². The molecule has 6 nitrogen and oxygen atoms in total. The average molecular weight is 287 g/mol. The number of thiazole rings is 1. The fourth-order valence-corrected chi connectivity index (χ4v) is 2.88. The number of aromatic amines is 1. The summed E-state index contributed by atoms with van der Waals surface area (Å²) in [5.74, 6) is -0.206. The van der Waals surface area contributed by atoms with Crippen LogP contribution < -0.4 is 5.32 Å². The van der Waals surface area contributed by atoms with Crippen LogP contribution in [-0.4, -0.2) is 32.8 Å². The molecule has 0 radical (unpaired) electrons. The Kier molecular flexibility index (Phi) is 3.69. The van der Waals surface area contributed by atoms with Crippen LogP contribution in [0.3, 0.4) is 0 Å². The lowest BCUT2D eigenvalue weighted by atomic mass is 10.3. The first-order chi connectivity index (χ1) is 9.83. The highest BCUT2D eigenvalue weighted by atomic mass is 32.1. The van der Waals surface area contributed by atoms with E-state index in [0.717, 1.165) is 23.4 Å². The van der Waals surface area contributed by atoms with Gasteiger partial charge in [0.05, 0.1) is 21.4 Å². The second-order valence-corrected chi connectivity index (χ2v) is 5.41. The molecule has 0 atom stereocenters. The van der Waals surface area contributed by atoms with Crippen molar-refractivity contribution in [3.63, 3.8) is 0 Å². The molecule has 2 aromatic heterocycles. The van der Waals surface area contributed by atoms with E-state index in [-0.39, 0.29) is 5.91 Å². The molecule has 0 aliphatic carbocycles. The maximum atomic E-state index is 11.6. The van der Waals surface area contributed by atoms with Crippen LogP contribution in [0.15, 0.2) is 30.5 Å². The minimum absolute atomic E-state index is 0.206. The number of rotatable bonds is 5. The lowest BCUT2D eigenvalue weighted by molar-refractivity contribution is 0.0948. The molecule has 0 spiro atoms. The fraction of sp³-hybridized carbons (Fsp3) is 0.231. The van der Waals surface area contributed by atoms with Crippen LogP contribution >= 0.6 is 11.3 Å². The van der Waals surface area contributed by atoms with Gasteiger partial charge in [0, 0.05) is 13.0 Å². The van der Waals surface area contributed by atoms with Gasteiger partial charge in [-0.05, 0) is 18.6 Å². The molecule has 0 saturated heterocycles. The molecule has 1 aromatic carbocycles. The van der Waals surface area contributed by atoms with Crippen LogP contribution in [0.2, 0.25) is 0 Å². The van der Waals surface area contributed by atoms with E-state index >= 15 is 0 Å². The third kappa shape index (κ3) is 2.83. The molecule has 3 rings (SSSR count). The maximum Gasteiger partial charge on any atom is 0.273 e. The highest BCUT2D eigenvalue weighted by Gasteiger charge is 2.07. The Morgan fingerprint density at radius 1 is 1.35 bits per heavy atom. The van der Waals surface area contributed by atoms with Gasteiger partial charge in [-0.25, -0.2) is 4.98 Å².